The standard InChI is InChI=1S/C15H32N2O/c1-13(2)11-17(14-7-4-5-8-14)10-6-9-15(3,18)12-16/h13-14,18H,4-12,16H2,1-3H3. The molecule has 3 heteroatoms. The second-order valence-electron chi connectivity index (χ2n) is 6.63. The molecular formula is C15H32N2O. The van der Waals surface area contributed by atoms with Crippen molar-refractivity contribution in [2.45, 2.75) is 70.9 Å². The van der Waals surface area contributed by atoms with Crippen molar-refractivity contribution in [3.63, 3.8) is 0 Å². The first-order chi connectivity index (χ1) is 8.44. The van der Waals surface area contributed by atoms with Crippen LogP contribution in [0, 0.1) is 5.92 Å². The summed E-state index contributed by atoms with van der Waals surface area (Å²) < 4.78 is 0. The Morgan fingerprint density at radius 2 is 1.94 bits per heavy atom. The highest BCUT2D eigenvalue weighted by molar-refractivity contribution is 4.80. The van der Waals surface area contributed by atoms with E-state index in [1.165, 1.54) is 32.2 Å². The van der Waals surface area contributed by atoms with E-state index >= 15 is 0 Å². The number of nitrogens with two attached hydrogens (primary N) is 1. The van der Waals surface area contributed by atoms with Crippen LogP contribution in [0.2, 0.25) is 0 Å². The van der Waals surface area contributed by atoms with Gasteiger partial charge in [0.15, 0.2) is 0 Å². The van der Waals surface area contributed by atoms with E-state index in [-0.39, 0.29) is 0 Å². The van der Waals surface area contributed by atoms with Crippen molar-refractivity contribution >= 4 is 0 Å². The van der Waals surface area contributed by atoms with Gasteiger partial charge in [0.25, 0.3) is 0 Å². The lowest BCUT2D eigenvalue weighted by Crippen LogP contribution is -2.39. The molecule has 1 aliphatic rings. The molecule has 3 nitrogen and oxygen atoms in total. The van der Waals surface area contributed by atoms with Crippen molar-refractivity contribution in [3.05, 3.63) is 0 Å². The van der Waals surface area contributed by atoms with Crippen LogP contribution in [-0.4, -0.2) is 41.3 Å². The van der Waals surface area contributed by atoms with Crippen molar-refractivity contribution in [1.29, 1.82) is 0 Å². The molecule has 0 spiro atoms. The average Bonchev–Trinajstić information content (AvgIpc) is 2.80. The van der Waals surface area contributed by atoms with E-state index in [2.05, 4.69) is 18.7 Å². The van der Waals surface area contributed by atoms with E-state index in [4.69, 9.17) is 5.73 Å². The van der Waals surface area contributed by atoms with Gasteiger partial charge in [-0.2, -0.15) is 0 Å². The Balaban J connectivity index is 2.36. The molecule has 1 saturated carbocycles. The summed E-state index contributed by atoms with van der Waals surface area (Å²) in [5, 5.41) is 9.94. The van der Waals surface area contributed by atoms with Gasteiger partial charge in [0, 0.05) is 19.1 Å². The lowest BCUT2D eigenvalue weighted by molar-refractivity contribution is 0.0516. The van der Waals surface area contributed by atoms with E-state index in [1.54, 1.807) is 0 Å². The van der Waals surface area contributed by atoms with Crippen LogP contribution in [-0.2, 0) is 0 Å². The van der Waals surface area contributed by atoms with Crippen molar-refractivity contribution in [2.75, 3.05) is 19.6 Å². The highest BCUT2D eigenvalue weighted by Crippen LogP contribution is 2.25. The van der Waals surface area contributed by atoms with Gasteiger partial charge >= 0.3 is 0 Å². The fourth-order valence-electron chi connectivity index (χ4n) is 2.93. The lowest BCUT2D eigenvalue weighted by Gasteiger charge is -2.31. The summed E-state index contributed by atoms with van der Waals surface area (Å²) in [6.07, 6.45) is 7.36. The summed E-state index contributed by atoms with van der Waals surface area (Å²) in [5.74, 6) is 0.723. The maximum atomic E-state index is 9.94. The monoisotopic (exact) mass is 256 g/mol. The third-order valence-electron chi connectivity index (χ3n) is 4.04. The van der Waals surface area contributed by atoms with Crippen LogP contribution < -0.4 is 5.73 Å². The van der Waals surface area contributed by atoms with Crippen molar-refractivity contribution in [1.82, 2.24) is 4.90 Å². The molecule has 18 heavy (non-hydrogen) atoms. The zero-order valence-electron chi connectivity index (χ0n) is 12.5. The molecule has 0 aromatic heterocycles. The third kappa shape index (κ3) is 5.68. The van der Waals surface area contributed by atoms with Crippen LogP contribution in [0.4, 0.5) is 0 Å². The van der Waals surface area contributed by atoms with Crippen LogP contribution in [0.15, 0.2) is 0 Å². The molecule has 0 bridgehead atoms. The van der Waals surface area contributed by atoms with Gasteiger partial charge in [-0.05, 0) is 45.1 Å². The molecule has 0 heterocycles. The number of hydrogen-bond donors (Lipinski definition) is 2. The second-order valence-corrected chi connectivity index (χ2v) is 6.63. The highest BCUT2D eigenvalue weighted by Gasteiger charge is 2.24. The quantitative estimate of drug-likeness (QED) is 0.701. The molecule has 3 N–H and O–H groups in total. The molecule has 0 aromatic carbocycles. The molecule has 0 amide bonds. The zero-order chi connectivity index (χ0) is 13.6. The minimum Gasteiger partial charge on any atom is -0.389 e. The Labute approximate surface area is 113 Å². The zero-order valence-corrected chi connectivity index (χ0v) is 12.5. The normalized spacial score (nSPS) is 20.8. The van der Waals surface area contributed by atoms with E-state index in [1.807, 2.05) is 6.92 Å². The van der Waals surface area contributed by atoms with E-state index in [0.29, 0.717) is 6.54 Å². The first-order valence-corrected chi connectivity index (χ1v) is 7.61. The summed E-state index contributed by atoms with van der Waals surface area (Å²) in [4.78, 5) is 2.64. The Bertz CT molecular complexity index is 223. The van der Waals surface area contributed by atoms with Gasteiger partial charge in [0.1, 0.15) is 0 Å². The Morgan fingerprint density at radius 3 is 2.44 bits per heavy atom. The van der Waals surface area contributed by atoms with E-state index in [9.17, 15) is 5.11 Å². The predicted octanol–water partition coefficient (Wildman–Crippen LogP) is 2.38. The first-order valence-electron chi connectivity index (χ1n) is 7.61. The van der Waals surface area contributed by atoms with Gasteiger partial charge < -0.3 is 15.7 Å². The molecular weight excluding hydrogens is 224 g/mol. The minimum atomic E-state index is -0.681. The van der Waals surface area contributed by atoms with Crippen LogP contribution in [0.3, 0.4) is 0 Å². The molecule has 1 rings (SSSR count). The maximum Gasteiger partial charge on any atom is 0.0741 e. The number of hydrogen-bond acceptors (Lipinski definition) is 3. The molecule has 1 fully saturated rings. The molecule has 0 radical (unpaired) electrons. The van der Waals surface area contributed by atoms with Gasteiger partial charge in [0.05, 0.1) is 5.60 Å². The summed E-state index contributed by atoms with van der Waals surface area (Å²) >= 11 is 0. The van der Waals surface area contributed by atoms with E-state index in [0.717, 1.165) is 31.3 Å². The topological polar surface area (TPSA) is 49.5 Å². The fraction of sp³-hybridized carbons (Fsp3) is 1.00. The van der Waals surface area contributed by atoms with Gasteiger partial charge in [0.2, 0.25) is 0 Å². The maximum absolute atomic E-state index is 9.94. The van der Waals surface area contributed by atoms with Crippen molar-refractivity contribution in [2.24, 2.45) is 11.7 Å². The number of rotatable bonds is 8. The van der Waals surface area contributed by atoms with Crippen LogP contribution in [0.5, 0.6) is 0 Å². The predicted molar refractivity (Wildman–Crippen MR) is 77.6 cm³/mol. The fourth-order valence-corrected chi connectivity index (χ4v) is 2.93. The van der Waals surface area contributed by atoms with Crippen LogP contribution in [0.1, 0.15) is 59.3 Å². The second kappa shape index (κ2) is 7.46. The summed E-state index contributed by atoms with van der Waals surface area (Å²) in [6, 6.07) is 0.787. The van der Waals surface area contributed by atoms with Gasteiger partial charge in [-0.25, -0.2) is 0 Å². The lowest BCUT2D eigenvalue weighted by atomic mass is 10.00. The summed E-state index contributed by atoms with van der Waals surface area (Å²) in [5.41, 5.74) is 4.88. The average molecular weight is 256 g/mol. The highest BCUT2D eigenvalue weighted by atomic mass is 16.3. The largest absolute Gasteiger partial charge is 0.389 e. The number of nitrogens with zero attached hydrogens (tertiary/aromatic N) is 1. The summed E-state index contributed by atoms with van der Waals surface area (Å²) in [6.45, 7) is 9.08. The Kier molecular flexibility index (Phi) is 6.61. The van der Waals surface area contributed by atoms with Gasteiger partial charge in [-0.1, -0.05) is 26.7 Å². The molecule has 0 saturated heterocycles. The van der Waals surface area contributed by atoms with E-state index < -0.39 is 5.60 Å². The SMILES string of the molecule is CC(C)CN(CCCC(C)(O)CN)C1CCCC1. The smallest absolute Gasteiger partial charge is 0.0741 e. The van der Waals surface area contributed by atoms with Crippen LogP contribution >= 0.6 is 0 Å². The Morgan fingerprint density at radius 1 is 1.33 bits per heavy atom. The van der Waals surface area contributed by atoms with Gasteiger partial charge in [-0.3, -0.25) is 0 Å². The molecule has 1 aliphatic carbocycles. The van der Waals surface area contributed by atoms with Crippen molar-refractivity contribution in [3.8, 4) is 0 Å². The van der Waals surface area contributed by atoms with Crippen molar-refractivity contribution < 1.29 is 5.11 Å². The third-order valence-corrected chi connectivity index (χ3v) is 4.04. The van der Waals surface area contributed by atoms with Gasteiger partial charge in [-0.15, -0.1) is 0 Å². The number of aliphatic hydroxyl groups is 1. The molecule has 0 aromatic rings. The minimum absolute atomic E-state index is 0.362. The molecule has 1 unspecified atom stereocenters. The molecule has 1 atom stereocenters. The molecule has 0 aliphatic heterocycles. The van der Waals surface area contributed by atoms with Crippen LogP contribution in [0.25, 0.3) is 0 Å². The first kappa shape index (κ1) is 15.9. The summed E-state index contributed by atoms with van der Waals surface area (Å²) in [7, 11) is 0. The Hall–Kier alpha value is -0.120. The molecule has 108 valence electrons.